The number of hydrogen-bond donors (Lipinski definition) is 0. The van der Waals surface area contributed by atoms with Gasteiger partial charge in [-0.15, -0.1) is 46.7 Å². The summed E-state index contributed by atoms with van der Waals surface area (Å²) in [7, 11) is 0. The fourth-order valence-electron chi connectivity index (χ4n) is 1.73. The van der Waals surface area contributed by atoms with Gasteiger partial charge < -0.3 is 0 Å². The van der Waals surface area contributed by atoms with Crippen LogP contribution in [-0.2, 0) is 0 Å². The third kappa shape index (κ3) is 5.45. The topological polar surface area (TPSA) is 0 Å². The van der Waals surface area contributed by atoms with E-state index in [9.17, 15) is 0 Å². The Bertz CT molecular complexity index is 731. The maximum absolute atomic E-state index is 6.38. The van der Waals surface area contributed by atoms with Gasteiger partial charge in [-0.1, -0.05) is 81.4 Å². The van der Waals surface area contributed by atoms with E-state index in [1.807, 2.05) is 0 Å². The van der Waals surface area contributed by atoms with Crippen LogP contribution in [0.1, 0.15) is 0 Å². The van der Waals surface area contributed by atoms with Crippen molar-refractivity contribution in [2.24, 2.45) is 0 Å². The molecule has 25 heavy (non-hydrogen) atoms. The molecule has 0 aliphatic carbocycles. The molecule has 0 spiro atoms. The van der Waals surface area contributed by atoms with E-state index in [1.165, 1.54) is 35.3 Å². The van der Waals surface area contributed by atoms with Crippen LogP contribution in [0.3, 0.4) is 0 Å². The van der Waals surface area contributed by atoms with E-state index >= 15 is 0 Å². The number of hydrogen-bond acceptors (Lipinski definition) is 3. The van der Waals surface area contributed by atoms with Gasteiger partial charge in [-0.2, -0.15) is 0 Å². The minimum absolute atomic E-state index is 0.300. The molecule has 0 aliphatic rings. The normalized spacial score (nSPS) is 11.2. The second-order valence-corrected chi connectivity index (χ2v) is 10.8. The second kappa shape index (κ2) is 10.5. The van der Waals surface area contributed by atoms with Crippen LogP contribution in [0, 0.1) is 0 Å². The fraction of sp³-hybridized carbons (Fsp3) is 0.143. The van der Waals surface area contributed by atoms with Crippen molar-refractivity contribution in [2.45, 2.75) is 19.6 Å². The smallest absolute Gasteiger partial charge is 0.0758 e. The Morgan fingerprint density at radius 2 is 0.960 bits per heavy atom. The third-order valence-electron chi connectivity index (χ3n) is 2.79. The second-order valence-electron chi connectivity index (χ2n) is 4.24. The Labute approximate surface area is 198 Å². The van der Waals surface area contributed by atoms with E-state index in [4.69, 9.17) is 92.8 Å². The highest BCUT2D eigenvalue weighted by molar-refractivity contribution is 8.01. The molecule has 2 aromatic carbocycles. The zero-order chi connectivity index (χ0) is 18.7. The monoisotopic (exact) mass is 550 g/mol. The number of benzene rings is 2. The molecule has 0 aromatic heterocycles. The average molecular weight is 554 g/mol. The SMILES string of the molecule is ClCSc1cc(Cl)c(Sc2c(Cl)cc(SCCl)c(Cl)c2Cl)c(Cl)c1Cl. The van der Waals surface area contributed by atoms with Gasteiger partial charge in [-0.25, -0.2) is 0 Å². The average Bonchev–Trinajstić information content (AvgIpc) is 2.57. The first-order chi connectivity index (χ1) is 11.8. The lowest BCUT2D eigenvalue weighted by molar-refractivity contribution is 1.32. The summed E-state index contributed by atoms with van der Waals surface area (Å²) in [5.41, 5.74) is 0. The molecule has 136 valence electrons. The summed E-state index contributed by atoms with van der Waals surface area (Å²) in [6.07, 6.45) is 0. The van der Waals surface area contributed by atoms with Gasteiger partial charge in [0, 0.05) is 9.79 Å². The highest BCUT2D eigenvalue weighted by Crippen LogP contribution is 2.51. The van der Waals surface area contributed by atoms with Gasteiger partial charge in [0.15, 0.2) is 0 Å². The molecule has 0 saturated carbocycles. The predicted molar refractivity (Wildman–Crippen MR) is 120 cm³/mol. The molecule has 2 aromatic rings. The Hall–Kier alpha value is 1.81. The summed E-state index contributed by atoms with van der Waals surface area (Å²) in [6, 6.07) is 3.40. The summed E-state index contributed by atoms with van der Waals surface area (Å²) in [6.45, 7) is 0. The largest absolute Gasteiger partial charge is 0.114 e. The van der Waals surface area contributed by atoms with Gasteiger partial charge in [-0.3, -0.25) is 0 Å². The Balaban J connectivity index is 2.50. The number of alkyl halides is 2. The van der Waals surface area contributed by atoms with Crippen molar-refractivity contribution >= 4 is 128 Å². The Morgan fingerprint density at radius 3 is 1.28 bits per heavy atom. The summed E-state index contributed by atoms with van der Waals surface area (Å²) in [5, 5.41) is 2.81. The zero-order valence-corrected chi connectivity index (χ0v) is 20.3. The van der Waals surface area contributed by atoms with E-state index in [0.29, 0.717) is 60.1 Å². The lowest BCUT2D eigenvalue weighted by Crippen LogP contribution is -1.87. The van der Waals surface area contributed by atoms with E-state index < -0.39 is 0 Å². The first-order valence-electron chi connectivity index (χ1n) is 6.22. The highest BCUT2D eigenvalue weighted by Gasteiger charge is 2.21. The van der Waals surface area contributed by atoms with Crippen LogP contribution in [-0.4, -0.2) is 10.4 Å². The van der Waals surface area contributed by atoms with E-state index in [0.717, 1.165) is 0 Å². The molecule has 0 aliphatic heterocycles. The summed E-state index contributed by atoms with van der Waals surface area (Å²) in [5.74, 6) is 0. The molecule has 0 unspecified atom stereocenters. The van der Waals surface area contributed by atoms with Crippen molar-refractivity contribution in [1.29, 1.82) is 0 Å². The summed E-state index contributed by atoms with van der Waals surface area (Å²) in [4.78, 5) is 2.45. The molecule has 0 atom stereocenters. The van der Waals surface area contributed by atoms with E-state index in [2.05, 4.69) is 0 Å². The molecule has 0 fully saturated rings. The molecular weight excluding hydrogens is 548 g/mol. The minimum Gasteiger partial charge on any atom is -0.114 e. The minimum atomic E-state index is 0.300. The third-order valence-corrected chi connectivity index (χ3v) is 9.19. The number of thioether (sulfide) groups is 2. The molecule has 0 nitrogen and oxygen atoms in total. The number of rotatable bonds is 6. The standard InChI is InChI=1S/C14H6Cl8S3/c15-3-23-7-1-5(17)13(11(21)9(7)19)25-14-6(18)2-8(24-4-16)10(20)12(14)22/h1-2H,3-4H2. The van der Waals surface area contributed by atoms with E-state index in [1.54, 1.807) is 12.1 Å². The van der Waals surface area contributed by atoms with Crippen molar-refractivity contribution in [2.75, 3.05) is 10.4 Å². The lowest BCUT2D eigenvalue weighted by Gasteiger charge is -2.15. The molecule has 0 radical (unpaired) electrons. The van der Waals surface area contributed by atoms with Crippen molar-refractivity contribution in [3.05, 3.63) is 42.3 Å². The quantitative estimate of drug-likeness (QED) is 0.198. The molecular formula is C14H6Cl8S3. The predicted octanol–water partition coefficient (Wildman–Crippen LogP) is 10.3. The van der Waals surface area contributed by atoms with Gasteiger partial charge >= 0.3 is 0 Å². The Kier molecular flexibility index (Phi) is 9.74. The van der Waals surface area contributed by atoms with Crippen LogP contribution in [0.4, 0.5) is 0 Å². The molecule has 0 saturated heterocycles. The van der Waals surface area contributed by atoms with Crippen LogP contribution in [0.15, 0.2) is 31.7 Å². The van der Waals surface area contributed by atoms with Crippen LogP contribution in [0.2, 0.25) is 30.1 Å². The number of halogens is 8. The van der Waals surface area contributed by atoms with Gasteiger partial charge in [-0.05, 0) is 12.1 Å². The van der Waals surface area contributed by atoms with Gasteiger partial charge in [0.05, 0.1) is 50.4 Å². The Morgan fingerprint density at radius 1 is 0.600 bits per heavy atom. The first-order valence-corrected chi connectivity index (χ1v) is 12.3. The molecule has 11 heteroatoms. The van der Waals surface area contributed by atoms with Crippen LogP contribution in [0.5, 0.6) is 0 Å². The fourth-order valence-corrected chi connectivity index (χ4v) is 6.78. The van der Waals surface area contributed by atoms with Crippen molar-refractivity contribution in [1.82, 2.24) is 0 Å². The first kappa shape index (κ1) is 23.1. The lowest BCUT2D eigenvalue weighted by atomic mass is 10.3. The van der Waals surface area contributed by atoms with Crippen LogP contribution in [0.25, 0.3) is 0 Å². The zero-order valence-electron chi connectivity index (χ0n) is 11.8. The highest BCUT2D eigenvalue weighted by atomic mass is 35.5. The molecule has 2 rings (SSSR count). The van der Waals surface area contributed by atoms with Crippen molar-refractivity contribution in [3.63, 3.8) is 0 Å². The summed E-state index contributed by atoms with van der Waals surface area (Å²) < 4.78 is 0. The summed E-state index contributed by atoms with van der Waals surface area (Å²) >= 11 is 53.4. The van der Waals surface area contributed by atoms with Gasteiger partial charge in [0.2, 0.25) is 0 Å². The maximum Gasteiger partial charge on any atom is 0.0758 e. The van der Waals surface area contributed by atoms with Gasteiger partial charge in [0.25, 0.3) is 0 Å². The van der Waals surface area contributed by atoms with Crippen molar-refractivity contribution < 1.29 is 0 Å². The van der Waals surface area contributed by atoms with Crippen LogP contribution < -0.4 is 0 Å². The maximum atomic E-state index is 6.38. The molecule has 0 bridgehead atoms. The van der Waals surface area contributed by atoms with Gasteiger partial charge in [0.1, 0.15) is 0 Å². The van der Waals surface area contributed by atoms with Crippen LogP contribution >= 0.6 is 128 Å². The molecule has 0 N–H and O–H groups in total. The molecule has 0 heterocycles. The van der Waals surface area contributed by atoms with Crippen molar-refractivity contribution in [3.8, 4) is 0 Å². The van der Waals surface area contributed by atoms with E-state index in [-0.39, 0.29) is 0 Å². The molecule has 0 amide bonds.